The molecule has 0 aliphatic rings. The summed E-state index contributed by atoms with van der Waals surface area (Å²) in [5.74, 6) is -1.03. The number of ether oxygens (including phenoxy) is 1. The van der Waals surface area contributed by atoms with Crippen molar-refractivity contribution in [3.05, 3.63) is 29.3 Å². The van der Waals surface area contributed by atoms with Crippen LogP contribution in [0.15, 0.2) is 23.8 Å². The van der Waals surface area contributed by atoms with E-state index in [-0.39, 0.29) is 11.3 Å². The van der Waals surface area contributed by atoms with Gasteiger partial charge in [-0.1, -0.05) is 0 Å². The zero-order chi connectivity index (χ0) is 12.1. The van der Waals surface area contributed by atoms with E-state index in [9.17, 15) is 9.90 Å². The lowest BCUT2D eigenvalue weighted by Crippen LogP contribution is -1.97. The van der Waals surface area contributed by atoms with Gasteiger partial charge in [-0.05, 0) is 18.2 Å². The van der Waals surface area contributed by atoms with E-state index in [0.717, 1.165) is 6.08 Å². The third-order valence-corrected chi connectivity index (χ3v) is 1.89. The van der Waals surface area contributed by atoms with E-state index in [2.05, 4.69) is 0 Å². The van der Waals surface area contributed by atoms with Crippen molar-refractivity contribution in [2.75, 3.05) is 7.11 Å². The summed E-state index contributed by atoms with van der Waals surface area (Å²) in [4.78, 5) is 10.6. The molecule has 0 aromatic heterocycles. The Bertz CT molecular complexity index is 485. The molecule has 5 heteroatoms. The van der Waals surface area contributed by atoms with Crippen LogP contribution >= 0.6 is 0 Å². The van der Waals surface area contributed by atoms with Gasteiger partial charge in [0.1, 0.15) is 23.1 Å². The van der Waals surface area contributed by atoms with Crippen LogP contribution in [0.5, 0.6) is 11.5 Å². The smallest absolute Gasteiger partial charge is 0.346 e. The Morgan fingerprint density at radius 2 is 2.25 bits per heavy atom. The molecular formula is C11H9NO4. The number of carbonyl (C=O) groups is 1. The van der Waals surface area contributed by atoms with Gasteiger partial charge in [0.05, 0.1) is 7.11 Å². The van der Waals surface area contributed by atoms with Gasteiger partial charge in [-0.25, -0.2) is 4.79 Å². The summed E-state index contributed by atoms with van der Waals surface area (Å²) in [5.41, 5.74) is -0.194. The quantitative estimate of drug-likeness (QED) is 0.592. The summed E-state index contributed by atoms with van der Waals surface area (Å²) in [6, 6.07) is 5.89. The number of methoxy groups -OCH3 is 1. The fourth-order valence-electron chi connectivity index (χ4n) is 1.07. The highest BCUT2D eigenvalue weighted by Crippen LogP contribution is 2.25. The van der Waals surface area contributed by atoms with E-state index in [1.807, 2.05) is 0 Å². The fourth-order valence-corrected chi connectivity index (χ4v) is 1.07. The second kappa shape index (κ2) is 4.84. The van der Waals surface area contributed by atoms with Crippen molar-refractivity contribution in [3.63, 3.8) is 0 Å². The molecule has 1 aromatic rings. The van der Waals surface area contributed by atoms with Crippen molar-refractivity contribution in [1.82, 2.24) is 0 Å². The van der Waals surface area contributed by atoms with Crippen molar-refractivity contribution in [2.45, 2.75) is 0 Å². The minimum atomic E-state index is -1.34. The number of hydrogen-bond acceptors (Lipinski definition) is 4. The van der Waals surface area contributed by atoms with E-state index >= 15 is 0 Å². The molecule has 0 saturated carbocycles. The topological polar surface area (TPSA) is 90.5 Å². The summed E-state index contributed by atoms with van der Waals surface area (Å²) in [6.07, 6.45) is 1.09. The molecule has 5 nitrogen and oxygen atoms in total. The number of aliphatic carboxylic acids is 1. The molecule has 0 radical (unpaired) electrons. The predicted octanol–water partition coefficient (Wildman–Crippen LogP) is 1.39. The van der Waals surface area contributed by atoms with Gasteiger partial charge in [0, 0.05) is 11.6 Å². The number of phenols is 1. The van der Waals surface area contributed by atoms with Gasteiger partial charge in [-0.2, -0.15) is 5.26 Å². The average molecular weight is 219 g/mol. The summed E-state index contributed by atoms with van der Waals surface area (Å²) in [5, 5.41) is 26.7. The molecule has 0 amide bonds. The lowest BCUT2D eigenvalue weighted by atomic mass is 10.1. The Balaban J connectivity index is 3.16. The van der Waals surface area contributed by atoms with Crippen LogP contribution in [-0.4, -0.2) is 23.3 Å². The van der Waals surface area contributed by atoms with Crippen LogP contribution in [0.2, 0.25) is 0 Å². The zero-order valence-corrected chi connectivity index (χ0v) is 8.47. The summed E-state index contributed by atoms with van der Waals surface area (Å²) >= 11 is 0. The van der Waals surface area contributed by atoms with Crippen LogP contribution in [0.25, 0.3) is 6.08 Å². The van der Waals surface area contributed by atoms with Crippen molar-refractivity contribution < 1.29 is 19.7 Å². The highest BCUT2D eigenvalue weighted by Gasteiger charge is 2.08. The molecular weight excluding hydrogens is 210 g/mol. The maximum atomic E-state index is 10.6. The molecule has 0 heterocycles. The fraction of sp³-hybridized carbons (Fsp3) is 0.0909. The van der Waals surface area contributed by atoms with Gasteiger partial charge in [0.25, 0.3) is 0 Å². The average Bonchev–Trinajstić information content (AvgIpc) is 2.26. The van der Waals surface area contributed by atoms with Gasteiger partial charge >= 0.3 is 5.97 Å². The minimum Gasteiger partial charge on any atom is -0.507 e. The van der Waals surface area contributed by atoms with Crippen molar-refractivity contribution >= 4 is 12.0 Å². The third kappa shape index (κ3) is 2.51. The largest absolute Gasteiger partial charge is 0.507 e. The van der Waals surface area contributed by atoms with Crippen LogP contribution in [0.3, 0.4) is 0 Å². The SMILES string of the molecule is COc1ccc(C=C(C#N)C(=O)O)c(O)c1. The second-order valence-corrected chi connectivity index (χ2v) is 2.90. The predicted molar refractivity (Wildman–Crippen MR) is 55.9 cm³/mol. The third-order valence-electron chi connectivity index (χ3n) is 1.89. The number of carboxylic acid groups (broad SMARTS) is 1. The normalized spacial score (nSPS) is 10.6. The van der Waals surface area contributed by atoms with Gasteiger partial charge in [-0.3, -0.25) is 0 Å². The van der Waals surface area contributed by atoms with Crippen molar-refractivity contribution in [1.29, 1.82) is 5.26 Å². The molecule has 82 valence electrons. The van der Waals surface area contributed by atoms with Crippen molar-refractivity contribution in [3.8, 4) is 17.6 Å². The lowest BCUT2D eigenvalue weighted by molar-refractivity contribution is -0.132. The number of hydrogen-bond donors (Lipinski definition) is 2. The van der Waals surface area contributed by atoms with E-state index in [4.69, 9.17) is 15.1 Å². The van der Waals surface area contributed by atoms with Gasteiger partial charge in [0.15, 0.2) is 0 Å². The molecule has 0 unspecified atom stereocenters. The molecule has 1 rings (SSSR count). The van der Waals surface area contributed by atoms with Gasteiger partial charge < -0.3 is 14.9 Å². The zero-order valence-electron chi connectivity index (χ0n) is 8.47. The number of rotatable bonds is 3. The maximum Gasteiger partial charge on any atom is 0.346 e. The Hall–Kier alpha value is -2.48. The van der Waals surface area contributed by atoms with E-state index in [1.54, 1.807) is 6.07 Å². The van der Waals surface area contributed by atoms with Crippen LogP contribution in [0, 0.1) is 11.3 Å². The summed E-state index contributed by atoms with van der Waals surface area (Å²) in [6.45, 7) is 0. The number of nitriles is 1. The van der Waals surface area contributed by atoms with Crippen molar-refractivity contribution in [2.24, 2.45) is 0 Å². The molecule has 0 spiro atoms. The molecule has 0 fully saturated rings. The molecule has 1 aromatic carbocycles. The molecule has 0 saturated heterocycles. The number of nitrogens with zero attached hydrogens (tertiary/aromatic N) is 1. The highest BCUT2D eigenvalue weighted by atomic mass is 16.5. The van der Waals surface area contributed by atoms with E-state index in [1.165, 1.54) is 25.3 Å². The Kier molecular flexibility index (Phi) is 3.51. The molecule has 16 heavy (non-hydrogen) atoms. The molecule has 0 aliphatic heterocycles. The first-order valence-electron chi connectivity index (χ1n) is 4.30. The second-order valence-electron chi connectivity index (χ2n) is 2.90. The Morgan fingerprint density at radius 3 is 2.69 bits per heavy atom. The minimum absolute atomic E-state index is 0.145. The van der Waals surface area contributed by atoms with Crippen LogP contribution in [-0.2, 0) is 4.79 Å². The Morgan fingerprint density at radius 1 is 1.56 bits per heavy atom. The number of phenolic OH excluding ortho intramolecular Hbond substituents is 1. The monoisotopic (exact) mass is 219 g/mol. The first kappa shape index (κ1) is 11.6. The number of carboxylic acids is 1. The molecule has 0 aliphatic carbocycles. The van der Waals surface area contributed by atoms with Crippen LogP contribution in [0.4, 0.5) is 0 Å². The lowest BCUT2D eigenvalue weighted by Gasteiger charge is -2.03. The first-order chi connectivity index (χ1) is 7.58. The molecule has 0 atom stereocenters. The first-order valence-corrected chi connectivity index (χ1v) is 4.30. The van der Waals surface area contributed by atoms with Crippen LogP contribution in [0.1, 0.15) is 5.56 Å². The maximum absolute atomic E-state index is 10.6. The Labute approximate surface area is 91.8 Å². The standard InChI is InChI=1S/C11H9NO4/c1-16-9-3-2-7(10(13)5-9)4-8(6-12)11(14)15/h2-5,13H,1H3,(H,14,15). The van der Waals surface area contributed by atoms with E-state index in [0.29, 0.717) is 5.75 Å². The van der Waals surface area contributed by atoms with Gasteiger partial charge in [0.2, 0.25) is 0 Å². The van der Waals surface area contributed by atoms with Crippen LogP contribution < -0.4 is 4.74 Å². The summed E-state index contributed by atoms with van der Waals surface area (Å²) < 4.78 is 4.87. The summed E-state index contributed by atoms with van der Waals surface area (Å²) in [7, 11) is 1.45. The molecule has 0 bridgehead atoms. The number of benzene rings is 1. The van der Waals surface area contributed by atoms with E-state index < -0.39 is 11.5 Å². The number of aromatic hydroxyl groups is 1. The molecule has 2 N–H and O–H groups in total. The highest BCUT2D eigenvalue weighted by molar-refractivity contribution is 5.96. The van der Waals surface area contributed by atoms with Gasteiger partial charge in [-0.15, -0.1) is 0 Å².